The predicted molar refractivity (Wildman–Crippen MR) is 120 cm³/mol. The van der Waals surface area contributed by atoms with Gasteiger partial charge in [0.2, 0.25) is 0 Å². The van der Waals surface area contributed by atoms with Crippen LogP contribution in [0.1, 0.15) is 110 Å². The summed E-state index contributed by atoms with van der Waals surface area (Å²) in [5, 5.41) is 10.8. The molecule has 150 valence electrons. The van der Waals surface area contributed by atoms with Gasteiger partial charge >= 0.3 is 0 Å². The molecular formula is C24H42OS. The van der Waals surface area contributed by atoms with Gasteiger partial charge in [0.1, 0.15) is 5.75 Å². The second-order valence-electron chi connectivity index (χ2n) is 9.71. The van der Waals surface area contributed by atoms with Crippen molar-refractivity contribution in [2.24, 2.45) is 0 Å². The molecule has 0 saturated heterocycles. The highest BCUT2D eigenvalue weighted by Gasteiger charge is 2.26. The van der Waals surface area contributed by atoms with Crippen molar-refractivity contribution in [1.29, 1.82) is 0 Å². The molecule has 1 aromatic carbocycles. The summed E-state index contributed by atoms with van der Waals surface area (Å²) >= 11 is 2.04. The van der Waals surface area contributed by atoms with Crippen molar-refractivity contribution in [3.05, 3.63) is 28.8 Å². The first-order valence-corrected chi connectivity index (χ1v) is 11.7. The summed E-state index contributed by atoms with van der Waals surface area (Å²) in [6, 6.07) is 4.45. The Labute approximate surface area is 167 Å². The molecule has 0 saturated carbocycles. The van der Waals surface area contributed by atoms with E-state index >= 15 is 0 Å². The zero-order chi connectivity index (χ0) is 19.8. The minimum absolute atomic E-state index is 0.0384. The molecule has 0 aliphatic rings. The number of rotatable bonds is 10. The standard InChI is InChI=1S/C24H42OS/c1-8-9-10-11-12-13-14-15-26-18-19-16-20(23(2,3)4)22(25)21(17-19)24(5,6)7/h16-17,25H,8-15,18H2,1-7H3. The molecule has 0 atom stereocenters. The van der Waals surface area contributed by atoms with Crippen LogP contribution >= 0.6 is 11.8 Å². The van der Waals surface area contributed by atoms with Crippen molar-refractivity contribution in [3.8, 4) is 5.75 Å². The van der Waals surface area contributed by atoms with Crippen molar-refractivity contribution >= 4 is 11.8 Å². The molecule has 1 nitrogen and oxygen atoms in total. The highest BCUT2D eigenvalue weighted by molar-refractivity contribution is 7.98. The minimum Gasteiger partial charge on any atom is -0.507 e. The zero-order valence-corrected chi connectivity index (χ0v) is 19.2. The van der Waals surface area contributed by atoms with Gasteiger partial charge < -0.3 is 5.11 Å². The van der Waals surface area contributed by atoms with Crippen molar-refractivity contribution in [2.45, 2.75) is 110 Å². The third-order valence-corrected chi connectivity index (χ3v) is 6.06. The molecule has 0 heterocycles. The second-order valence-corrected chi connectivity index (χ2v) is 10.8. The fourth-order valence-electron chi connectivity index (χ4n) is 3.27. The van der Waals surface area contributed by atoms with E-state index in [4.69, 9.17) is 0 Å². The fourth-order valence-corrected chi connectivity index (χ4v) is 4.23. The van der Waals surface area contributed by atoms with Crippen LogP contribution in [0.5, 0.6) is 5.75 Å². The number of hydrogen-bond acceptors (Lipinski definition) is 2. The maximum Gasteiger partial charge on any atom is 0.123 e. The average molecular weight is 379 g/mol. The number of unbranched alkanes of at least 4 members (excludes halogenated alkanes) is 6. The van der Waals surface area contributed by atoms with Crippen LogP contribution in [0.25, 0.3) is 0 Å². The zero-order valence-electron chi connectivity index (χ0n) is 18.4. The van der Waals surface area contributed by atoms with E-state index < -0.39 is 0 Å². The second kappa shape index (κ2) is 10.6. The van der Waals surface area contributed by atoms with Gasteiger partial charge in [-0.1, -0.05) is 99.1 Å². The largest absolute Gasteiger partial charge is 0.507 e. The van der Waals surface area contributed by atoms with E-state index in [0.717, 1.165) is 16.9 Å². The summed E-state index contributed by atoms with van der Waals surface area (Å²) in [4.78, 5) is 0. The first kappa shape index (κ1) is 23.4. The number of phenolic OH excluding ortho intramolecular Hbond substituents is 1. The highest BCUT2D eigenvalue weighted by atomic mass is 32.2. The lowest BCUT2D eigenvalue weighted by atomic mass is 9.78. The number of aromatic hydroxyl groups is 1. The Balaban J connectivity index is 2.61. The van der Waals surface area contributed by atoms with Crippen LogP contribution in [0.4, 0.5) is 0 Å². The molecule has 0 unspecified atom stereocenters. The molecule has 0 aliphatic heterocycles. The van der Waals surface area contributed by atoms with Crippen molar-refractivity contribution in [1.82, 2.24) is 0 Å². The van der Waals surface area contributed by atoms with E-state index in [0.29, 0.717) is 5.75 Å². The molecule has 0 amide bonds. The summed E-state index contributed by atoms with van der Waals surface area (Å²) in [6.07, 6.45) is 9.61. The average Bonchev–Trinajstić information content (AvgIpc) is 2.52. The summed E-state index contributed by atoms with van der Waals surface area (Å²) in [7, 11) is 0. The topological polar surface area (TPSA) is 20.2 Å². The maximum absolute atomic E-state index is 10.8. The van der Waals surface area contributed by atoms with Crippen LogP contribution in [-0.4, -0.2) is 10.9 Å². The first-order chi connectivity index (χ1) is 12.1. The van der Waals surface area contributed by atoms with Crippen molar-refractivity contribution in [2.75, 3.05) is 5.75 Å². The molecule has 1 N–H and O–H groups in total. The van der Waals surface area contributed by atoms with E-state index in [2.05, 4.69) is 60.6 Å². The van der Waals surface area contributed by atoms with Gasteiger partial charge in [-0.3, -0.25) is 0 Å². The Morgan fingerprint density at radius 2 is 1.23 bits per heavy atom. The van der Waals surface area contributed by atoms with E-state index in [9.17, 15) is 5.11 Å². The van der Waals surface area contributed by atoms with Gasteiger partial charge in [0.25, 0.3) is 0 Å². The summed E-state index contributed by atoms with van der Waals surface area (Å²) in [5.74, 6) is 2.78. The Morgan fingerprint density at radius 1 is 0.769 bits per heavy atom. The Hall–Kier alpha value is -0.630. The molecule has 1 aromatic rings. The molecule has 0 aliphatic carbocycles. The number of hydrogen-bond donors (Lipinski definition) is 1. The van der Waals surface area contributed by atoms with Crippen LogP contribution in [0.15, 0.2) is 12.1 Å². The lowest BCUT2D eigenvalue weighted by Crippen LogP contribution is -2.17. The van der Waals surface area contributed by atoms with E-state index in [1.807, 2.05) is 11.8 Å². The van der Waals surface area contributed by atoms with E-state index in [-0.39, 0.29) is 10.8 Å². The summed E-state index contributed by atoms with van der Waals surface area (Å²) < 4.78 is 0. The van der Waals surface area contributed by atoms with Crippen molar-refractivity contribution < 1.29 is 5.11 Å². The normalized spacial score (nSPS) is 12.6. The minimum atomic E-state index is -0.0384. The lowest BCUT2D eigenvalue weighted by molar-refractivity contribution is 0.423. The van der Waals surface area contributed by atoms with Gasteiger partial charge in [0, 0.05) is 5.75 Å². The SMILES string of the molecule is CCCCCCCCCSCc1cc(C(C)(C)C)c(O)c(C(C)(C)C)c1. The predicted octanol–water partition coefficient (Wildman–Crippen LogP) is 7.97. The van der Waals surface area contributed by atoms with Gasteiger partial charge in [0.05, 0.1) is 0 Å². The third-order valence-electron chi connectivity index (χ3n) is 4.95. The van der Waals surface area contributed by atoms with Gasteiger partial charge in [-0.2, -0.15) is 11.8 Å². The Morgan fingerprint density at radius 3 is 1.69 bits per heavy atom. The van der Waals surface area contributed by atoms with Gasteiger partial charge in [-0.05, 0) is 39.7 Å². The third kappa shape index (κ3) is 7.94. The molecule has 26 heavy (non-hydrogen) atoms. The summed E-state index contributed by atoms with van der Waals surface area (Å²) in [6.45, 7) is 15.4. The molecule has 0 bridgehead atoms. The van der Waals surface area contributed by atoms with E-state index in [1.54, 1.807) is 0 Å². The van der Waals surface area contributed by atoms with Crippen LogP contribution in [0, 0.1) is 0 Å². The Bertz CT molecular complexity index is 499. The van der Waals surface area contributed by atoms with Crippen LogP contribution < -0.4 is 0 Å². The van der Waals surface area contributed by atoms with Gasteiger partial charge in [0.15, 0.2) is 0 Å². The monoisotopic (exact) mass is 378 g/mol. The maximum atomic E-state index is 10.8. The number of thioether (sulfide) groups is 1. The molecule has 1 rings (SSSR count). The fraction of sp³-hybridized carbons (Fsp3) is 0.750. The van der Waals surface area contributed by atoms with Gasteiger partial charge in [-0.15, -0.1) is 0 Å². The molecule has 0 fully saturated rings. The highest BCUT2D eigenvalue weighted by Crippen LogP contribution is 2.40. The molecule has 0 radical (unpaired) electrons. The molecule has 0 spiro atoms. The number of benzene rings is 1. The summed E-state index contributed by atoms with van der Waals surface area (Å²) in [5.41, 5.74) is 3.44. The van der Waals surface area contributed by atoms with Crippen LogP contribution in [-0.2, 0) is 16.6 Å². The number of phenols is 1. The molecular weight excluding hydrogens is 336 g/mol. The Kier molecular flexibility index (Phi) is 9.58. The van der Waals surface area contributed by atoms with Crippen LogP contribution in [0.2, 0.25) is 0 Å². The van der Waals surface area contributed by atoms with E-state index in [1.165, 1.54) is 56.3 Å². The molecule has 0 aromatic heterocycles. The molecule has 2 heteroatoms. The first-order valence-electron chi connectivity index (χ1n) is 10.5. The smallest absolute Gasteiger partial charge is 0.123 e. The van der Waals surface area contributed by atoms with Crippen molar-refractivity contribution in [3.63, 3.8) is 0 Å². The lowest BCUT2D eigenvalue weighted by Gasteiger charge is -2.28. The van der Waals surface area contributed by atoms with Crippen LogP contribution in [0.3, 0.4) is 0 Å². The van der Waals surface area contributed by atoms with Gasteiger partial charge in [-0.25, -0.2) is 0 Å². The quantitative estimate of drug-likeness (QED) is 0.416.